The van der Waals surface area contributed by atoms with Gasteiger partial charge in [0.05, 0.1) is 0 Å². The normalized spacial score (nSPS) is 15.3. The van der Waals surface area contributed by atoms with E-state index in [0.29, 0.717) is 0 Å². The van der Waals surface area contributed by atoms with E-state index in [1.165, 1.54) is 150 Å². The van der Waals surface area contributed by atoms with E-state index < -0.39 is 0 Å². The molecule has 0 aliphatic carbocycles. The lowest BCUT2D eigenvalue weighted by Crippen LogP contribution is -2.72. The van der Waals surface area contributed by atoms with Crippen molar-refractivity contribution in [3.8, 4) is 44.8 Å². The van der Waals surface area contributed by atoms with E-state index in [1.807, 2.05) is 0 Å². The van der Waals surface area contributed by atoms with Crippen LogP contribution in [0.25, 0.3) is 66.6 Å². The van der Waals surface area contributed by atoms with Crippen LogP contribution in [-0.4, -0.2) is 29.5 Å². The number of aromatic nitrogens is 2. The predicted octanol–water partition coefficient (Wildman–Crippen LogP) is 10.8. The first-order valence-electron chi connectivity index (χ1n) is 26.2. The Labute approximate surface area is 421 Å². The topological polar surface area (TPSA) is 16.3 Å². The summed E-state index contributed by atoms with van der Waals surface area (Å²) in [5, 5.41) is 2.70. The summed E-state index contributed by atoms with van der Waals surface area (Å²) >= 11 is 0. The Morgan fingerprint density at radius 2 is 0.718 bits per heavy atom. The number of benzene rings is 7. The van der Waals surface area contributed by atoms with Gasteiger partial charge in [-0.15, -0.1) is 0 Å². The van der Waals surface area contributed by atoms with Crippen LogP contribution in [0.5, 0.6) is 0 Å². The molecular weight excluding hydrogens is 857 g/mol. The minimum atomic E-state index is -0.0922. The van der Waals surface area contributed by atoms with Crippen molar-refractivity contribution >= 4 is 103 Å². The van der Waals surface area contributed by atoms with E-state index >= 15 is 0 Å². The lowest BCUT2D eigenvalue weighted by molar-refractivity contribution is 0.590. The van der Waals surface area contributed by atoms with Crippen LogP contribution in [0, 0.1) is 0 Å². The van der Waals surface area contributed by atoms with Crippen LogP contribution in [0.15, 0.2) is 115 Å². The molecule has 0 bridgehead atoms. The van der Waals surface area contributed by atoms with Crippen molar-refractivity contribution in [3.63, 3.8) is 0 Å². The maximum atomic E-state index is 2.89. The fourth-order valence-corrected chi connectivity index (χ4v) is 14.5. The van der Waals surface area contributed by atoms with Crippen molar-refractivity contribution in [3.05, 3.63) is 138 Å². The maximum Gasteiger partial charge on any atom is 0.331 e. The highest BCUT2D eigenvalue weighted by Gasteiger charge is 2.58. The number of nitrogens with zero attached hydrogens (tertiary/aromatic N) is 4. The molecule has 0 fully saturated rings. The maximum absolute atomic E-state index is 2.89. The molecule has 0 radical (unpaired) electrons. The second kappa shape index (κ2) is 12.9. The molecule has 346 valence electrons. The van der Waals surface area contributed by atoms with Gasteiger partial charge in [-0.2, -0.15) is 0 Å². The molecule has 15 rings (SSSR count). The third kappa shape index (κ3) is 5.06. The van der Waals surface area contributed by atoms with Gasteiger partial charge in [0.1, 0.15) is 0 Å². The van der Waals surface area contributed by atoms with Crippen LogP contribution in [0.1, 0.15) is 105 Å². The minimum absolute atomic E-state index is 0.00198. The van der Waals surface area contributed by atoms with Crippen LogP contribution >= 0.6 is 0 Å². The van der Waals surface area contributed by atoms with Crippen molar-refractivity contribution in [2.75, 3.05) is 9.62 Å². The van der Waals surface area contributed by atoms with E-state index in [2.05, 4.69) is 231 Å². The fraction of sp³-hybridized carbons (Fsp3) is 0.281. The lowest BCUT2D eigenvalue weighted by atomic mass is 9.28. The molecule has 8 heterocycles. The lowest BCUT2D eigenvalue weighted by Gasteiger charge is -2.55. The second-order valence-corrected chi connectivity index (χ2v) is 26.3. The summed E-state index contributed by atoms with van der Waals surface area (Å²) < 4.78 is 5.07. The van der Waals surface area contributed by atoms with Gasteiger partial charge in [-0.3, -0.25) is 0 Å². The Kier molecular flexibility index (Phi) is 7.65. The van der Waals surface area contributed by atoms with Crippen LogP contribution in [0.3, 0.4) is 0 Å². The number of para-hydroxylation sites is 2. The SMILES string of the molecule is Cn1c2c(c3ccccc31)B1c3cc(C(C)(C)C)ccc3-c3cc4c5c6c3N1c1c(cc(C(C)(C)C)cc1-2)B6c1cc(C(C)(C)C)cc2c1N5B(c1cc(C(C)(C)C)ccc1-4)c1c-2n(C)c2ccccc12. The number of hydrogen-bond donors (Lipinski definition) is 0. The first-order valence-corrected chi connectivity index (χ1v) is 26.2. The number of aryl methyl sites for hydroxylation is 2. The third-order valence-electron chi connectivity index (χ3n) is 18.1. The van der Waals surface area contributed by atoms with Crippen LogP contribution in [0.4, 0.5) is 22.7 Å². The first kappa shape index (κ1) is 42.1. The van der Waals surface area contributed by atoms with Crippen molar-refractivity contribution < 1.29 is 0 Å². The molecule has 7 aromatic carbocycles. The molecule has 2 aromatic heterocycles. The van der Waals surface area contributed by atoms with Crippen LogP contribution in [0.2, 0.25) is 0 Å². The van der Waals surface area contributed by atoms with Crippen molar-refractivity contribution in [2.24, 2.45) is 14.1 Å². The summed E-state index contributed by atoms with van der Waals surface area (Å²) in [7, 11) is 4.65. The highest BCUT2D eigenvalue weighted by molar-refractivity contribution is 7.06. The van der Waals surface area contributed by atoms with Crippen molar-refractivity contribution in [1.29, 1.82) is 0 Å². The molecule has 0 saturated carbocycles. The number of fused-ring (bicyclic) bond motifs is 18. The molecule has 0 saturated heterocycles. The van der Waals surface area contributed by atoms with E-state index in [4.69, 9.17) is 0 Å². The zero-order chi connectivity index (χ0) is 49.1. The molecular formula is C64H61B3N4. The summed E-state index contributed by atoms with van der Waals surface area (Å²) in [6.07, 6.45) is 0. The van der Waals surface area contributed by atoms with Gasteiger partial charge in [0, 0.05) is 81.5 Å². The molecule has 9 aromatic rings. The first-order chi connectivity index (χ1) is 33.6. The summed E-state index contributed by atoms with van der Waals surface area (Å²) in [6.45, 7) is 28.7. The second-order valence-electron chi connectivity index (χ2n) is 26.3. The molecule has 4 nitrogen and oxygen atoms in total. The molecule has 7 heteroatoms. The number of anilines is 4. The largest absolute Gasteiger partial charge is 0.377 e. The Balaban J connectivity index is 1.20. The predicted molar refractivity (Wildman–Crippen MR) is 308 cm³/mol. The smallest absolute Gasteiger partial charge is 0.331 e. The molecule has 0 amide bonds. The average molecular weight is 919 g/mol. The van der Waals surface area contributed by atoms with E-state index in [-0.39, 0.29) is 42.1 Å². The van der Waals surface area contributed by atoms with Crippen LogP contribution < -0.4 is 47.9 Å². The van der Waals surface area contributed by atoms with E-state index in [0.717, 1.165) is 0 Å². The quantitative estimate of drug-likeness (QED) is 0.141. The summed E-state index contributed by atoms with van der Waals surface area (Å²) in [5.74, 6) is 0. The van der Waals surface area contributed by atoms with Gasteiger partial charge in [0.15, 0.2) is 0 Å². The molecule has 71 heavy (non-hydrogen) atoms. The molecule has 0 unspecified atom stereocenters. The van der Waals surface area contributed by atoms with E-state index in [1.54, 1.807) is 0 Å². The van der Waals surface area contributed by atoms with Gasteiger partial charge < -0.3 is 18.8 Å². The van der Waals surface area contributed by atoms with Crippen LogP contribution in [-0.2, 0) is 35.8 Å². The molecule has 0 atom stereocenters. The Morgan fingerprint density at radius 3 is 1.11 bits per heavy atom. The third-order valence-corrected chi connectivity index (χ3v) is 18.1. The minimum Gasteiger partial charge on any atom is -0.377 e. The number of rotatable bonds is 0. The summed E-state index contributed by atoms with van der Waals surface area (Å²) in [4.78, 5) is 5.78. The monoisotopic (exact) mass is 919 g/mol. The number of hydrogen-bond acceptors (Lipinski definition) is 2. The molecule has 6 aliphatic rings. The molecule has 0 spiro atoms. The molecule has 0 N–H and O–H groups in total. The molecule has 6 aliphatic heterocycles. The highest BCUT2D eigenvalue weighted by atomic mass is 15.2. The zero-order valence-corrected chi connectivity index (χ0v) is 44.0. The van der Waals surface area contributed by atoms with Gasteiger partial charge in [-0.05, 0) is 134 Å². The Bertz CT molecular complexity index is 3730. The van der Waals surface area contributed by atoms with Gasteiger partial charge in [0.2, 0.25) is 0 Å². The summed E-state index contributed by atoms with van der Waals surface area (Å²) in [6, 6.07) is 46.7. The van der Waals surface area contributed by atoms with Gasteiger partial charge in [0.25, 0.3) is 6.71 Å². The zero-order valence-electron chi connectivity index (χ0n) is 44.0. The Morgan fingerprint density at radius 1 is 0.338 bits per heavy atom. The Hall–Kier alpha value is -6.59. The van der Waals surface area contributed by atoms with Gasteiger partial charge >= 0.3 is 13.7 Å². The van der Waals surface area contributed by atoms with E-state index in [9.17, 15) is 0 Å². The fourth-order valence-electron chi connectivity index (χ4n) is 14.5. The standard InChI is InChI=1S/C64H61B3N4/c1-61(2,3)34-23-25-38-42-33-43-39-26-24-35(62(4,5)6)30-47(39)67-53-41-20-16-18-22-51(41)69(14)58(53)45-28-37(64(10,11)12)32-49-56(45)71(67)60(43)54-59(42)70-55-44(27-36(63(7,8)9)31-48(55)65(49)54)57-52(66(70)46(38)29-34)40-19-15-17-21-50(40)68(57)13/h15-33H,1-14H3. The van der Waals surface area contributed by atoms with Crippen molar-refractivity contribution in [2.45, 2.75) is 105 Å². The van der Waals surface area contributed by atoms with Gasteiger partial charge in [-0.25, -0.2) is 0 Å². The van der Waals surface area contributed by atoms with Crippen molar-refractivity contribution in [1.82, 2.24) is 9.13 Å². The summed E-state index contributed by atoms with van der Waals surface area (Å²) in [5.41, 5.74) is 34.4. The van der Waals surface area contributed by atoms with Gasteiger partial charge in [-0.1, -0.05) is 168 Å². The average Bonchev–Trinajstić information content (AvgIpc) is 3.80. The highest BCUT2D eigenvalue weighted by Crippen LogP contribution is 2.57.